The molecule has 0 aromatic heterocycles. The van der Waals surface area contributed by atoms with Gasteiger partial charge in [0.2, 0.25) is 5.91 Å². The van der Waals surface area contributed by atoms with Crippen LogP contribution in [0, 0.1) is 5.92 Å². The van der Waals surface area contributed by atoms with E-state index < -0.39 is 30.3 Å². The Bertz CT molecular complexity index is 787. The van der Waals surface area contributed by atoms with Crippen LogP contribution in [0.15, 0.2) is 24.3 Å². The van der Waals surface area contributed by atoms with Crippen molar-refractivity contribution in [3.63, 3.8) is 0 Å². The average Bonchev–Trinajstić information content (AvgIpc) is 2.86. The van der Waals surface area contributed by atoms with Crippen LogP contribution in [-0.2, 0) is 14.4 Å². The van der Waals surface area contributed by atoms with Gasteiger partial charge in [-0.2, -0.15) is 0 Å². The summed E-state index contributed by atoms with van der Waals surface area (Å²) in [6.45, 7) is 5.68. The average molecular weight is 385 g/mol. The summed E-state index contributed by atoms with van der Waals surface area (Å²) in [6, 6.07) is 6.45. The van der Waals surface area contributed by atoms with E-state index in [1.54, 1.807) is 12.1 Å². The number of hydrogen-bond donors (Lipinski definition) is 1. The Morgan fingerprint density at radius 2 is 1.71 bits per heavy atom. The summed E-state index contributed by atoms with van der Waals surface area (Å²) in [5.74, 6) is -1.72. The number of amides is 5. The number of urea groups is 1. The maximum Gasteiger partial charge on any atom is 0.334 e. The second-order valence-electron chi connectivity index (χ2n) is 8.00. The maximum atomic E-state index is 12.7. The van der Waals surface area contributed by atoms with E-state index in [2.05, 4.69) is 19.2 Å². The Morgan fingerprint density at radius 1 is 1.07 bits per heavy atom. The lowest BCUT2D eigenvalue weighted by Crippen LogP contribution is -2.46. The number of benzene rings is 1. The molecule has 150 valence electrons. The summed E-state index contributed by atoms with van der Waals surface area (Å²) in [4.78, 5) is 51.6. The number of rotatable bonds is 5. The summed E-state index contributed by atoms with van der Waals surface area (Å²) >= 11 is 0. The molecule has 2 aliphatic rings. The lowest BCUT2D eigenvalue weighted by atomic mass is 9.85. The van der Waals surface area contributed by atoms with Crippen LogP contribution < -0.4 is 5.32 Å². The number of nitrogens with zero attached hydrogens (tertiary/aromatic N) is 2. The predicted octanol–water partition coefficient (Wildman–Crippen LogP) is 3.12. The molecule has 0 spiro atoms. The van der Waals surface area contributed by atoms with Crippen molar-refractivity contribution in [2.75, 3.05) is 11.9 Å². The molecule has 3 rings (SSSR count). The monoisotopic (exact) mass is 385 g/mol. The minimum Gasteiger partial charge on any atom is -0.325 e. The number of hydrogen-bond acceptors (Lipinski definition) is 4. The van der Waals surface area contributed by atoms with Gasteiger partial charge in [0.05, 0.1) is 0 Å². The number of imide groups is 2. The zero-order chi connectivity index (χ0) is 20.4. The van der Waals surface area contributed by atoms with Crippen LogP contribution >= 0.6 is 0 Å². The molecular weight excluding hydrogens is 358 g/mol. The van der Waals surface area contributed by atoms with Crippen molar-refractivity contribution in [2.45, 2.75) is 58.4 Å². The number of anilines is 1. The molecule has 1 N–H and O–H groups in total. The molecule has 1 saturated carbocycles. The highest BCUT2D eigenvalue weighted by Crippen LogP contribution is 2.31. The Morgan fingerprint density at radius 3 is 2.32 bits per heavy atom. The van der Waals surface area contributed by atoms with Crippen molar-refractivity contribution in [1.82, 2.24) is 9.80 Å². The Kier molecular flexibility index (Phi) is 5.82. The van der Waals surface area contributed by atoms with E-state index in [1.165, 1.54) is 0 Å². The summed E-state index contributed by atoms with van der Waals surface area (Å²) in [5.41, 5.74) is 1.73. The predicted molar refractivity (Wildman–Crippen MR) is 105 cm³/mol. The van der Waals surface area contributed by atoms with E-state index in [1.807, 2.05) is 19.1 Å². The molecule has 1 heterocycles. The quantitative estimate of drug-likeness (QED) is 0.623. The van der Waals surface area contributed by atoms with Gasteiger partial charge in [-0.3, -0.25) is 19.3 Å². The summed E-state index contributed by atoms with van der Waals surface area (Å²) in [7, 11) is 0. The molecule has 1 aliphatic heterocycles. The van der Waals surface area contributed by atoms with Gasteiger partial charge in [0.1, 0.15) is 6.54 Å². The first-order chi connectivity index (χ1) is 13.3. The molecule has 5 amide bonds. The largest absolute Gasteiger partial charge is 0.334 e. The molecule has 0 unspecified atom stereocenters. The highest BCUT2D eigenvalue weighted by molar-refractivity contribution is 6.45. The van der Waals surface area contributed by atoms with Crippen LogP contribution in [0.2, 0.25) is 0 Å². The van der Waals surface area contributed by atoms with Crippen molar-refractivity contribution in [3.05, 3.63) is 29.8 Å². The van der Waals surface area contributed by atoms with Gasteiger partial charge in [0.15, 0.2) is 0 Å². The number of nitrogens with one attached hydrogen (secondary N) is 1. The second kappa shape index (κ2) is 8.12. The minimum atomic E-state index is -0.923. The van der Waals surface area contributed by atoms with Crippen LogP contribution in [0.5, 0.6) is 0 Å². The van der Waals surface area contributed by atoms with Crippen molar-refractivity contribution >= 4 is 29.4 Å². The fourth-order valence-electron chi connectivity index (χ4n) is 3.93. The minimum absolute atomic E-state index is 0.155. The Hall–Kier alpha value is -2.70. The highest BCUT2D eigenvalue weighted by atomic mass is 16.2. The molecule has 28 heavy (non-hydrogen) atoms. The Labute approximate surface area is 165 Å². The lowest BCUT2D eigenvalue weighted by Gasteiger charge is -2.34. The third-order valence-corrected chi connectivity index (χ3v) is 5.64. The first-order valence-corrected chi connectivity index (χ1v) is 9.88. The second-order valence-corrected chi connectivity index (χ2v) is 8.00. The fraction of sp³-hybridized carbons (Fsp3) is 0.524. The van der Waals surface area contributed by atoms with E-state index in [-0.39, 0.29) is 12.0 Å². The molecule has 1 saturated heterocycles. The molecule has 2 fully saturated rings. The van der Waals surface area contributed by atoms with E-state index in [0.29, 0.717) is 18.0 Å². The first-order valence-electron chi connectivity index (χ1n) is 9.88. The van der Waals surface area contributed by atoms with E-state index in [9.17, 15) is 19.2 Å². The van der Waals surface area contributed by atoms with Crippen LogP contribution in [0.4, 0.5) is 10.5 Å². The molecule has 1 aromatic carbocycles. The van der Waals surface area contributed by atoms with Gasteiger partial charge in [-0.15, -0.1) is 0 Å². The normalized spacial score (nSPS) is 22.9. The van der Waals surface area contributed by atoms with Crippen molar-refractivity contribution in [3.8, 4) is 0 Å². The smallest absolute Gasteiger partial charge is 0.325 e. The van der Waals surface area contributed by atoms with Crippen LogP contribution in [0.1, 0.15) is 57.9 Å². The lowest BCUT2D eigenvalue weighted by molar-refractivity contribution is -0.145. The Balaban J connectivity index is 1.66. The summed E-state index contributed by atoms with van der Waals surface area (Å²) in [5, 5.41) is 2.68. The third kappa shape index (κ3) is 3.93. The SMILES string of the molecule is CC(C)c1ccc(NC(=O)CN2C(=O)C(=O)N([C@H]3CCCC[C@H]3C)C2=O)cc1. The van der Waals surface area contributed by atoms with Crippen LogP contribution in [0.25, 0.3) is 0 Å². The zero-order valence-electron chi connectivity index (χ0n) is 16.6. The number of carbonyl (C=O) groups excluding carboxylic acids is 4. The molecule has 1 aromatic rings. The maximum absolute atomic E-state index is 12.7. The van der Waals surface area contributed by atoms with Gasteiger partial charge in [0, 0.05) is 11.7 Å². The van der Waals surface area contributed by atoms with Gasteiger partial charge in [-0.1, -0.05) is 45.7 Å². The molecule has 7 nitrogen and oxygen atoms in total. The number of carbonyl (C=O) groups is 4. The standard InChI is InChI=1S/C21H27N3O4/c1-13(2)15-8-10-16(11-9-15)22-18(25)12-23-19(26)20(27)24(21(23)28)17-7-5-4-6-14(17)3/h8-11,13-14,17H,4-7,12H2,1-3H3,(H,22,25)/t14-,17+/m1/s1. The van der Waals surface area contributed by atoms with Crippen molar-refractivity contribution in [2.24, 2.45) is 5.92 Å². The van der Waals surface area contributed by atoms with Crippen molar-refractivity contribution < 1.29 is 19.2 Å². The van der Waals surface area contributed by atoms with E-state index >= 15 is 0 Å². The van der Waals surface area contributed by atoms with E-state index in [4.69, 9.17) is 0 Å². The zero-order valence-corrected chi connectivity index (χ0v) is 16.6. The highest BCUT2D eigenvalue weighted by Gasteiger charge is 2.49. The molecule has 0 radical (unpaired) electrons. The molecule has 2 atom stereocenters. The fourth-order valence-corrected chi connectivity index (χ4v) is 3.93. The van der Waals surface area contributed by atoms with Crippen LogP contribution in [-0.4, -0.2) is 46.1 Å². The van der Waals surface area contributed by atoms with Crippen LogP contribution in [0.3, 0.4) is 0 Å². The summed E-state index contributed by atoms with van der Waals surface area (Å²) in [6.07, 6.45) is 3.60. The molecule has 1 aliphatic carbocycles. The molecule has 7 heteroatoms. The van der Waals surface area contributed by atoms with Gasteiger partial charge in [-0.25, -0.2) is 9.69 Å². The first kappa shape index (κ1) is 20.0. The molecule has 0 bridgehead atoms. The van der Waals surface area contributed by atoms with E-state index in [0.717, 1.165) is 34.6 Å². The third-order valence-electron chi connectivity index (χ3n) is 5.64. The topological polar surface area (TPSA) is 86.8 Å². The van der Waals surface area contributed by atoms with Gasteiger partial charge >= 0.3 is 17.8 Å². The summed E-state index contributed by atoms with van der Waals surface area (Å²) < 4.78 is 0. The molecular formula is C21H27N3O4. The van der Waals surface area contributed by atoms with Gasteiger partial charge in [0.25, 0.3) is 0 Å². The van der Waals surface area contributed by atoms with Crippen molar-refractivity contribution in [1.29, 1.82) is 0 Å². The van der Waals surface area contributed by atoms with Gasteiger partial charge in [-0.05, 0) is 42.4 Å². The van der Waals surface area contributed by atoms with Gasteiger partial charge < -0.3 is 5.32 Å².